The lowest BCUT2D eigenvalue weighted by molar-refractivity contribution is -0.133. The molecule has 0 aromatic carbocycles. The number of aliphatic hydroxyl groups excluding tert-OH is 1. The molecule has 1 rings (SSSR count). The van der Waals surface area contributed by atoms with Crippen LogP contribution in [0.2, 0.25) is 0 Å². The molecule has 0 saturated heterocycles. The zero-order chi connectivity index (χ0) is 8.97. The summed E-state index contributed by atoms with van der Waals surface area (Å²) in [6, 6.07) is 0.467. The largest absolute Gasteiger partial charge is 0.396 e. The summed E-state index contributed by atoms with van der Waals surface area (Å²) in [5.41, 5.74) is 0. The second-order valence-corrected chi connectivity index (χ2v) is 3.37. The maximum Gasteiger partial charge on any atom is 0.219 e. The lowest BCUT2D eigenvalue weighted by Crippen LogP contribution is -2.43. The Morgan fingerprint density at radius 1 is 1.58 bits per heavy atom. The minimum atomic E-state index is 0.146. The molecule has 1 aliphatic rings. The fourth-order valence-corrected chi connectivity index (χ4v) is 1.54. The molecular weight excluding hydrogens is 154 g/mol. The van der Waals surface area contributed by atoms with Crippen molar-refractivity contribution in [3.05, 3.63) is 0 Å². The SMILES string of the molecule is CC(=O)N(CCCO)C1CCC1. The van der Waals surface area contributed by atoms with E-state index >= 15 is 0 Å². The van der Waals surface area contributed by atoms with Crippen molar-refractivity contribution in [2.75, 3.05) is 13.2 Å². The van der Waals surface area contributed by atoms with Crippen molar-refractivity contribution < 1.29 is 9.90 Å². The quantitative estimate of drug-likeness (QED) is 0.678. The maximum absolute atomic E-state index is 11.1. The van der Waals surface area contributed by atoms with Crippen molar-refractivity contribution in [2.45, 2.75) is 38.6 Å². The van der Waals surface area contributed by atoms with Crippen LogP contribution < -0.4 is 0 Å². The van der Waals surface area contributed by atoms with Gasteiger partial charge in [-0.3, -0.25) is 4.79 Å². The smallest absolute Gasteiger partial charge is 0.219 e. The Morgan fingerprint density at radius 3 is 2.58 bits per heavy atom. The zero-order valence-corrected chi connectivity index (χ0v) is 7.62. The molecule has 0 atom stereocenters. The van der Waals surface area contributed by atoms with E-state index in [1.165, 1.54) is 6.42 Å². The van der Waals surface area contributed by atoms with Crippen LogP contribution in [0.15, 0.2) is 0 Å². The normalized spacial score (nSPS) is 17.2. The van der Waals surface area contributed by atoms with E-state index in [9.17, 15) is 4.79 Å². The molecule has 0 aliphatic heterocycles. The fourth-order valence-electron chi connectivity index (χ4n) is 1.54. The Balaban J connectivity index is 2.32. The van der Waals surface area contributed by atoms with E-state index in [1.54, 1.807) is 6.92 Å². The van der Waals surface area contributed by atoms with Crippen molar-refractivity contribution in [3.8, 4) is 0 Å². The van der Waals surface area contributed by atoms with Crippen LogP contribution in [-0.4, -0.2) is 35.1 Å². The summed E-state index contributed by atoms with van der Waals surface area (Å²) in [4.78, 5) is 13.0. The van der Waals surface area contributed by atoms with Gasteiger partial charge in [-0.25, -0.2) is 0 Å². The summed E-state index contributed by atoms with van der Waals surface area (Å²) in [5.74, 6) is 0.146. The topological polar surface area (TPSA) is 40.5 Å². The number of hydrogen-bond donors (Lipinski definition) is 1. The highest BCUT2D eigenvalue weighted by Crippen LogP contribution is 2.24. The molecule has 1 fully saturated rings. The molecule has 0 spiro atoms. The number of nitrogens with zero attached hydrogens (tertiary/aromatic N) is 1. The van der Waals surface area contributed by atoms with Crippen LogP contribution in [0.3, 0.4) is 0 Å². The lowest BCUT2D eigenvalue weighted by Gasteiger charge is -2.36. The van der Waals surface area contributed by atoms with Gasteiger partial charge < -0.3 is 10.0 Å². The van der Waals surface area contributed by atoms with Gasteiger partial charge in [0.15, 0.2) is 0 Å². The summed E-state index contributed by atoms with van der Waals surface area (Å²) in [5, 5.41) is 8.63. The van der Waals surface area contributed by atoms with Crippen LogP contribution >= 0.6 is 0 Å². The molecule has 3 heteroatoms. The highest BCUT2D eigenvalue weighted by Gasteiger charge is 2.25. The van der Waals surface area contributed by atoms with Crippen LogP contribution in [0, 0.1) is 0 Å². The highest BCUT2D eigenvalue weighted by molar-refractivity contribution is 5.73. The molecule has 0 heterocycles. The molecule has 0 radical (unpaired) electrons. The van der Waals surface area contributed by atoms with Gasteiger partial charge >= 0.3 is 0 Å². The first-order chi connectivity index (χ1) is 5.75. The van der Waals surface area contributed by atoms with Crippen LogP contribution in [-0.2, 0) is 4.79 Å². The molecule has 0 aromatic rings. The number of carbonyl (C=O) groups excluding carboxylic acids is 1. The minimum absolute atomic E-state index is 0.146. The van der Waals surface area contributed by atoms with Crippen LogP contribution in [0.5, 0.6) is 0 Å². The number of aliphatic hydroxyl groups is 1. The first-order valence-corrected chi connectivity index (χ1v) is 4.63. The molecule has 0 bridgehead atoms. The molecule has 1 N–H and O–H groups in total. The molecule has 70 valence electrons. The highest BCUT2D eigenvalue weighted by atomic mass is 16.3. The predicted molar refractivity (Wildman–Crippen MR) is 46.7 cm³/mol. The van der Waals surface area contributed by atoms with E-state index in [0.717, 1.165) is 19.4 Å². The van der Waals surface area contributed by atoms with E-state index in [1.807, 2.05) is 4.90 Å². The summed E-state index contributed by atoms with van der Waals surface area (Å²) >= 11 is 0. The van der Waals surface area contributed by atoms with Crippen LogP contribution in [0.4, 0.5) is 0 Å². The fraction of sp³-hybridized carbons (Fsp3) is 0.889. The minimum Gasteiger partial charge on any atom is -0.396 e. The molecule has 0 unspecified atom stereocenters. The standard InChI is InChI=1S/C9H17NO2/c1-8(12)10(6-3-7-11)9-4-2-5-9/h9,11H,2-7H2,1H3. The van der Waals surface area contributed by atoms with Crippen molar-refractivity contribution in [1.82, 2.24) is 4.90 Å². The Bertz CT molecular complexity index is 155. The van der Waals surface area contributed by atoms with Crippen molar-refractivity contribution in [1.29, 1.82) is 0 Å². The predicted octanol–water partition coefficient (Wildman–Crippen LogP) is 0.770. The zero-order valence-electron chi connectivity index (χ0n) is 7.62. The second-order valence-electron chi connectivity index (χ2n) is 3.37. The molecule has 0 aromatic heterocycles. The molecule has 12 heavy (non-hydrogen) atoms. The van der Waals surface area contributed by atoms with Crippen molar-refractivity contribution >= 4 is 5.91 Å². The van der Waals surface area contributed by atoms with Gasteiger partial charge in [0.2, 0.25) is 5.91 Å². The van der Waals surface area contributed by atoms with Crippen molar-refractivity contribution in [3.63, 3.8) is 0 Å². The van der Waals surface area contributed by atoms with Gasteiger partial charge in [0.25, 0.3) is 0 Å². The Kier molecular flexibility index (Phi) is 3.53. The van der Waals surface area contributed by atoms with Gasteiger partial charge in [-0.05, 0) is 25.7 Å². The van der Waals surface area contributed by atoms with E-state index in [2.05, 4.69) is 0 Å². The average Bonchev–Trinajstić information content (AvgIpc) is 1.93. The first-order valence-electron chi connectivity index (χ1n) is 4.63. The third-order valence-corrected chi connectivity index (χ3v) is 2.48. The third kappa shape index (κ3) is 2.21. The van der Waals surface area contributed by atoms with Gasteiger partial charge in [-0.15, -0.1) is 0 Å². The first kappa shape index (κ1) is 9.52. The maximum atomic E-state index is 11.1. The van der Waals surface area contributed by atoms with E-state index in [0.29, 0.717) is 12.5 Å². The molecular formula is C9H17NO2. The summed E-state index contributed by atoms with van der Waals surface area (Å²) in [6.45, 7) is 2.50. The Labute approximate surface area is 73.4 Å². The second kappa shape index (κ2) is 4.45. The molecule has 1 saturated carbocycles. The van der Waals surface area contributed by atoms with E-state index < -0.39 is 0 Å². The van der Waals surface area contributed by atoms with Crippen LogP contribution in [0.25, 0.3) is 0 Å². The molecule has 1 aliphatic carbocycles. The number of amides is 1. The van der Waals surface area contributed by atoms with Gasteiger partial charge in [0, 0.05) is 26.1 Å². The molecule has 3 nitrogen and oxygen atoms in total. The van der Waals surface area contributed by atoms with Gasteiger partial charge in [0.1, 0.15) is 0 Å². The summed E-state index contributed by atoms with van der Waals surface area (Å²) in [6.07, 6.45) is 4.24. The Morgan fingerprint density at radius 2 is 2.25 bits per heavy atom. The number of rotatable bonds is 4. The Hall–Kier alpha value is -0.570. The molecule has 1 amide bonds. The lowest BCUT2D eigenvalue weighted by atomic mass is 9.91. The van der Waals surface area contributed by atoms with Crippen molar-refractivity contribution in [2.24, 2.45) is 0 Å². The van der Waals surface area contributed by atoms with E-state index in [4.69, 9.17) is 5.11 Å². The number of hydrogen-bond acceptors (Lipinski definition) is 2. The monoisotopic (exact) mass is 171 g/mol. The third-order valence-electron chi connectivity index (χ3n) is 2.48. The average molecular weight is 171 g/mol. The summed E-state index contributed by atoms with van der Waals surface area (Å²) < 4.78 is 0. The van der Waals surface area contributed by atoms with E-state index in [-0.39, 0.29) is 12.5 Å². The van der Waals surface area contributed by atoms with Gasteiger partial charge in [-0.2, -0.15) is 0 Å². The van der Waals surface area contributed by atoms with Gasteiger partial charge in [-0.1, -0.05) is 0 Å². The van der Waals surface area contributed by atoms with Gasteiger partial charge in [0.05, 0.1) is 0 Å². The van der Waals surface area contributed by atoms with Crippen LogP contribution in [0.1, 0.15) is 32.6 Å². The number of carbonyl (C=O) groups is 1. The summed E-state index contributed by atoms with van der Waals surface area (Å²) in [7, 11) is 0.